The minimum absolute atomic E-state index is 0.145. The van der Waals surface area contributed by atoms with Gasteiger partial charge < -0.3 is 4.74 Å². The number of para-hydroxylation sites is 1. The number of halogens is 2. The van der Waals surface area contributed by atoms with Gasteiger partial charge in [-0.2, -0.15) is 0 Å². The monoisotopic (exact) mass is 376 g/mol. The van der Waals surface area contributed by atoms with E-state index in [9.17, 15) is 13.6 Å². The lowest BCUT2D eigenvalue weighted by molar-refractivity contribution is 0.189. The number of benzene rings is 2. The van der Waals surface area contributed by atoms with Gasteiger partial charge in [0.1, 0.15) is 0 Å². The van der Waals surface area contributed by atoms with E-state index in [1.807, 2.05) is 6.07 Å². The second kappa shape index (κ2) is 8.42. The first-order valence-electron chi connectivity index (χ1n) is 8.16. The van der Waals surface area contributed by atoms with Gasteiger partial charge >= 0.3 is 0 Å². The van der Waals surface area contributed by atoms with Gasteiger partial charge in [-0.1, -0.05) is 36.0 Å². The maximum atomic E-state index is 13.9. The predicted octanol–water partition coefficient (Wildman–Crippen LogP) is 4.00. The number of thioether (sulfide) groups is 1. The minimum atomic E-state index is -0.882. The van der Waals surface area contributed by atoms with Crippen molar-refractivity contribution in [3.63, 3.8) is 0 Å². The zero-order valence-corrected chi connectivity index (χ0v) is 15.1. The zero-order chi connectivity index (χ0) is 18.5. The average molecular weight is 376 g/mol. The molecule has 136 valence electrons. The number of methoxy groups -OCH3 is 1. The predicted molar refractivity (Wildman–Crippen MR) is 98.4 cm³/mol. The molecule has 0 unspecified atom stereocenters. The van der Waals surface area contributed by atoms with Crippen molar-refractivity contribution in [2.24, 2.45) is 0 Å². The van der Waals surface area contributed by atoms with Crippen LogP contribution in [0.15, 0.2) is 52.4 Å². The summed E-state index contributed by atoms with van der Waals surface area (Å²) in [6.45, 7) is 0.959. The Hall–Kier alpha value is -2.25. The summed E-state index contributed by atoms with van der Waals surface area (Å²) in [5.74, 6) is -1.57. The molecule has 0 fully saturated rings. The molecule has 0 bridgehead atoms. The van der Waals surface area contributed by atoms with E-state index in [0.717, 1.165) is 6.07 Å². The van der Waals surface area contributed by atoms with Crippen LogP contribution in [0.25, 0.3) is 10.9 Å². The van der Waals surface area contributed by atoms with Crippen molar-refractivity contribution in [1.82, 2.24) is 9.55 Å². The molecule has 0 amide bonds. The molecule has 1 heterocycles. The van der Waals surface area contributed by atoms with Gasteiger partial charge in [0.05, 0.1) is 10.9 Å². The third kappa shape index (κ3) is 3.94. The van der Waals surface area contributed by atoms with Crippen LogP contribution in [-0.4, -0.2) is 23.3 Å². The molecule has 0 aliphatic heterocycles. The molecule has 0 saturated heterocycles. The topological polar surface area (TPSA) is 44.1 Å². The summed E-state index contributed by atoms with van der Waals surface area (Å²) < 4.78 is 33.9. The zero-order valence-electron chi connectivity index (χ0n) is 14.2. The Labute approximate surface area is 153 Å². The molecule has 0 spiro atoms. The van der Waals surface area contributed by atoms with Crippen LogP contribution in [0.2, 0.25) is 0 Å². The second-order valence-corrected chi connectivity index (χ2v) is 6.66. The molecule has 0 radical (unpaired) electrons. The van der Waals surface area contributed by atoms with E-state index in [4.69, 9.17) is 4.74 Å². The summed E-state index contributed by atoms with van der Waals surface area (Å²) >= 11 is 1.21. The highest BCUT2D eigenvalue weighted by molar-refractivity contribution is 7.98. The molecular formula is C19H18F2N2O2S. The van der Waals surface area contributed by atoms with E-state index < -0.39 is 11.6 Å². The molecule has 3 aromatic rings. The molecule has 1 aromatic heterocycles. The molecule has 2 aromatic carbocycles. The Balaban J connectivity index is 1.95. The summed E-state index contributed by atoms with van der Waals surface area (Å²) in [4.78, 5) is 17.4. The fraction of sp³-hybridized carbons (Fsp3) is 0.263. The molecule has 4 nitrogen and oxygen atoms in total. The lowest BCUT2D eigenvalue weighted by Gasteiger charge is -2.13. The van der Waals surface area contributed by atoms with Gasteiger partial charge in [0.2, 0.25) is 0 Å². The van der Waals surface area contributed by atoms with Gasteiger partial charge in [-0.15, -0.1) is 0 Å². The number of ether oxygens (including phenoxy) is 1. The molecule has 26 heavy (non-hydrogen) atoms. The maximum absolute atomic E-state index is 13.9. The largest absolute Gasteiger partial charge is 0.385 e. The number of rotatable bonds is 7. The van der Waals surface area contributed by atoms with Gasteiger partial charge in [-0.3, -0.25) is 9.36 Å². The van der Waals surface area contributed by atoms with Crippen LogP contribution in [0.3, 0.4) is 0 Å². The van der Waals surface area contributed by atoms with Gasteiger partial charge in [0.25, 0.3) is 5.56 Å². The van der Waals surface area contributed by atoms with Crippen LogP contribution in [0, 0.1) is 11.6 Å². The first-order chi connectivity index (χ1) is 12.6. The Bertz CT molecular complexity index is 975. The van der Waals surface area contributed by atoms with E-state index in [2.05, 4.69) is 4.98 Å². The molecule has 0 atom stereocenters. The molecular weight excluding hydrogens is 358 g/mol. The SMILES string of the molecule is COCCCn1c(SCc2cccc(F)c2F)nc2ccccc2c1=O. The number of fused-ring (bicyclic) bond motifs is 1. The van der Waals surface area contributed by atoms with Gasteiger partial charge in [-0.25, -0.2) is 13.8 Å². The van der Waals surface area contributed by atoms with Crippen molar-refractivity contribution < 1.29 is 13.5 Å². The summed E-state index contributed by atoms with van der Waals surface area (Å²) in [5, 5.41) is 1.01. The highest BCUT2D eigenvalue weighted by Crippen LogP contribution is 2.24. The van der Waals surface area contributed by atoms with E-state index in [-0.39, 0.29) is 16.9 Å². The average Bonchev–Trinajstić information content (AvgIpc) is 2.65. The third-order valence-corrected chi connectivity index (χ3v) is 4.97. The summed E-state index contributed by atoms with van der Waals surface area (Å²) in [6, 6.07) is 11.2. The smallest absolute Gasteiger partial charge is 0.262 e. The number of nitrogens with zero attached hydrogens (tertiary/aromatic N) is 2. The Morgan fingerprint density at radius 1 is 1.15 bits per heavy atom. The summed E-state index contributed by atoms with van der Waals surface area (Å²) in [6.07, 6.45) is 0.651. The Morgan fingerprint density at radius 2 is 1.96 bits per heavy atom. The number of aromatic nitrogens is 2. The fourth-order valence-corrected chi connectivity index (χ4v) is 3.62. The lowest BCUT2D eigenvalue weighted by Crippen LogP contribution is -2.24. The molecule has 0 aliphatic carbocycles. The third-order valence-electron chi connectivity index (χ3n) is 3.95. The Morgan fingerprint density at radius 3 is 2.77 bits per heavy atom. The van der Waals surface area contributed by atoms with Gasteiger partial charge in [0, 0.05) is 31.6 Å². The van der Waals surface area contributed by atoms with E-state index in [0.29, 0.717) is 35.6 Å². The molecule has 3 rings (SSSR count). The van der Waals surface area contributed by atoms with Crippen LogP contribution in [0.1, 0.15) is 12.0 Å². The number of hydrogen-bond donors (Lipinski definition) is 0. The molecule has 0 N–H and O–H groups in total. The second-order valence-electron chi connectivity index (χ2n) is 5.72. The van der Waals surface area contributed by atoms with Gasteiger partial charge in [0.15, 0.2) is 16.8 Å². The number of hydrogen-bond acceptors (Lipinski definition) is 4. The van der Waals surface area contributed by atoms with Crippen LogP contribution in [-0.2, 0) is 17.0 Å². The van der Waals surface area contributed by atoms with Gasteiger partial charge in [-0.05, 0) is 24.6 Å². The standard InChI is InChI=1S/C19H18F2N2O2S/c1-25-11-5-10-23-18(24)14-7-2-3-9-16(14)22-19(23)26-12-13-6-4-8-15(20)17(13)21/h2-4,6-9H,5,10-12H2,1H3. The van der Waals surface area contributed by atoms with Crippen LogP contribution < -0.4 is 5.56 Å². The summed E-state index contributed by atoms with van der Waals surface area (Å²) in [7, 11) is 1.60. The van der Waals surface area contributed by atoms with Crippen LogP contribution in [0.4, 0.5) is 8.78 Å². The highest BCUT2D eigenvalue weighted by atomic mass is 32.2. The highest BCUT2D eigenvalue weighted by Gasteiger charge is 2.13. The van der Waals surface area contributed by atoms with E-state index >= 15 is 0 Å². The van der Waals surface area contributed by atoms with Crippen LogP contribution in [0.5, 0.6) is 0 Å². The quantitative estimate of drug-likeness (QED) is 0.355. The normalized spacial score (nSPS) is 11.2. The first-order valence-corrected chi connectivity index (χ1v) is 9.14. The van der Waals surface area contributed by atoms with E-state index in [1.165, 1.54) is 23.9 Å². The lowest BCUT2D eigenvalue weighted by atomic mass is 10.2. The van der Waals surface area contributed by atoms with Crippen molar-refractivity contribution in [1.29, 1.82) is 0 Å². The Kier molecular flexibility index (Phi) is 6.00. The van der Waals surface area contributed by atoms with Crippen molar-refractivity contribution in [2.75, 3.05) is 13.7 Å². The van der Waals surface area contributed by atoms with Crippen molar-refractivity contribution >= 4 is 22.7 Å². The van der Waals surface area contributed by atoms with Crippen molar-refractivity contribution in [3.05, 3.63) is 70.0 Å². The summed E-state index contributed by atoms with van der Waals surface area (Å²) in [5.41, 5.74) is 0.678. The van der Waals surface area contributed by atoms with E-state index in [1.54, 1.807) is 29.9 Å². The maximum Gasteiger partial charge on any atom is 0.262 e. The molecule has 7 heteroatoms. The molecule has 0 aliphatic rings. The van der Waals surface area contributed by atoms with Crippen LogP contribution >= 0.6 is 11.8 Å². The minimum Gasteiger partial charge on any atom is -0.385 e. The fourth-order valence-electron chi connectivity index (χ4n) is 2.62. The first kappa shape index (κ1) is 18.5. The molecule has 0 saturated carbocycles. The van der Waals surface area contributed by atoms with Crippen molar-refractivity contribution in [2.45, 2.75) is 23.9 Å². The van der Waals surface area contributed by atoms with Crippen molar-refractivity contribution in [3.8, 4) is 0 Å².